The summed E-state index contributed by atoms with van der Waals surface area (Å²) in [6.07, 6.45) is 2.34. The number of anilines is 1. The Morgan fingerprint density at radius 1 is 1.28 bits per heavy atom. The number of aryl methyl sites for hydroxylation is 1. The van der Waals surface area contributed by atoms with Gasteiger partial charge < -0.3 is 14.4 Å². The van der Waals surface area contributed by atoms with Crippen LogP contribution >= 0.6 is 0 Å². The number of methoxy groups -OCH3 is 1. The molecule has 0 atom stereocenters. The Morgan fingerprint density at radius 2 is 2.04 bits per heavy atom. The van der Waals surface area contributed by atoms with Crippen molar-refractivity contribution >= 4 is 17.9 Å². The van der Waals surface area contributed by atoms with Gasteiger partial charge in [0, 0.05) is 12.2 Å². The quantitative estimate of drug-likeness (QED) is 0.724. The van der Waals surface area contributed by atoms with Crippen LogP contribution in [0.5, 0.6) is 11.6 Å². The molecule has 132 valence electrons. The van der Waals surface area contributed by atoms with E-state index in [-0.39, 0.29) is 18.6 Å². The van der Waals surface area contributed by atoms with Crippen LogP contribution < -0.4 is 14.4 Å². The standard InChI is InChI=1S/C19H22N2O4/c1-13(2)21(16-8-6-10-20-19(16)24-4)18(23)12-25-17-9-5-7-14(3)15(17)11-22/h5-11,13H,12H2,1-4H3. The van der Waals surface area contributed by atoms with Crippen LogP contribution in [0.3, 0.4) is 0 Å². The van der Waals surface area contributed by atoms with E-state index in [1.807, 2.05) is 26.8 Å². The van der Waals surface area contributed by atoms with Crippen LogP contribution in [0.2, 0.25) is 0 Å². The van der Waals surface area contributed by atoms with Gasteiger partial charge in [-0.2, -0.15) is 0 Å². The summed E-state index contributed by atoms with van der Waals surface area (Å²) in [5.41, 5.74) is 1.83. The molecule has 0 saturated carbocycles. The number of carbonyl (C=O) groups is 2. The highest BCUT2D eigenvalue weighted by Gasteiger charge is 2.23. The van der Waals surface area contributed by atoms with Crippen LogP contribution in [-0.2, 0) is 4.79 Å². The first-order chi connectivity index (χ1) is 12.0. The maximum absolute atomic E-state index is 12.7. The summed E-state index contributed by atoms with van der Waals surface area (Å²) in [5.74, 6) is 0.513. The minimum atomic E-state index is -0.250. The molecule has 1 aromatic heterocycles. The van der Waals surface area contributed by atoms with E-state index in [4.69, 9.17) is 9.47 Å². The van der Waals surface area contributed by atoms with Gasteiger partial charge in [0.15, 0.2) is 12.9 Å². The van der Waals surface area contributed by atoms with Gasteiger partial charge in [0.2, 0.25) is 5.88 Å². The Labute approximate surface area is 147 Å². The van der Waals surface area contributed by atoms with Gasteiger partial charge in [-0.25, -0.2) is 4.98 Å². The number of rotatable bonds is 7. The average Bonchev–Trinajstić information content (AvgIpc) is 2.60. The number of hydrogen-bond donors (Lipinski definition) is 0. The lowest BCUT2D eigenvalue weighted by Crippen LogP contribution is -2.40. The molecule has 1 heterocycles. The highest BCUT2D eigenvalue weighted by molar-refractivity contribution is 5.96. The first kappa shape index (κ1) is 18.4. The maximum Gasteiger partial charge on any atom is 0.265 e. The van der Waals surface area contributed by atoms with E-state index < -0.39 is 0 Å². The van der Waals surface area contributed by atoms with Gasteiger partial charge in [-0.3, -0.25) is 9.59 Å². The highest BCUT2D eigenvalue weighted by atomic mass is 16.5. The molecule has 0 radical (unpaired) electrons. The molecule has 0 fully saturated rings. The summed E-state index contributed by atoms with van der Waals surface area (Å²) in [4.78, 5) is 29.7. The third kappa shape index (κ3) is 4.15. The maximum atomic E-state index is 12.7. The first-order valence-electron chi connectivity index (χ1n) is 7.98. The molecule has 0 saturated heterocycles. The number of hydrogen-bond acceptors (Lipinski definition) is 5. The van der Waals surface area contributed by atoms with Crippen molar-refractivity contribution in [3.8, 4) is 11.6 Å². The number of nitrogens with zero attached hydrogens (tertiary/aromatic N) is 2. The zero-order valence-corrected chi connectivity index (χ0v) is 14.9. The lowest BCUT2D eigenvalue weighted by Gasteiger charge is -2.27. The van der Waals surface area contributed by atoms with Crippen molar-refractivity contribution in [3.05, 3.63) is 47.7 Å². The molecule has 0 spiro atoms. The summed E-state index contributed by atoms with van der Waals surface area (Å²) < 4.78 is 10.9. The normalized spacial score (nSPS) is 10.4. The second kappa shape index (κ2) is 8.28. The molecular formula is C19H22N2O4. The topological polar surface area (TPSA) is 68.7 Å². The van der Waals surface area contributed by atoms with Gasteiger partial charge in [0.25, 0.3) is 5.91 Å². The molecule has 0 unspecified atom stereocenters. The predicted molar refractivity (Wildman–Crippen MR) is 95.5 cm³/mol. The molecule has 6 nitrogen and oxygen atoms in total. The van der Waals surface area contributed by atoms with Crippen LogP contribution in [0.15, 0.2) is 36.5 Å². The SMILES string of the molecule is COc1ncccc1N(C(=O)COc1cccc(C)c1C=O)C(C)C. The molecule has 2 rings (SSSR count). The summed E-state index contributed by atoms with van der Waals surface area (Å²) in [7, 11) is 1.51. The predicted octanol–water partition coefficient (Wildman–Crippen LogP) is 3.03. The van der Waals surface area contributed by atoms with Crippen molar-refractivity contribution < 1.29 is 19.1 Å². The van der Waals surface area contributed by atoms with Crippen molar-refractivity contribution in [1.82, 2.24) is 4.98 Å². The summed E-state index contributed by atoms with van der Waals surface area (Å²) in [5, 5.41) is 0. The average molecular weight is 342 g/mol. The largest absolute Gasteiger partial charge is 0.483 e. The van der Waals surface area contributed by atoms with Crippen LogP contribution in [-0.4, -0.2) is 36.9 Å². The number of amides is 1. The van der Waals surface area contributed by atoms with Gasteiger partial charge in [-0.15, -0.1) is 0 Å². The number of benzene rings is 1. The fourth-order valence-corrected chi connectivity index (χ4v) is 2.56. The van der Waals surface area contributed by atoms with Crippen LogP contribution in [0, 0.1) is 6.92 Å². The molecule has 0 aliphatic carbocycles. The van der Waals surface area contributed by atoms with Crippen molar-refractivity contribution in [1.29, 1.82) is 0 Å². The number of pyridine rings is 1. The third-order valence-corrected chi connectivity index (χ3v) is 3.74. The van der Waals surface area contributed by atoms with Crippen molar-refractivity contribution in [3.63, 3.8) is 0 Å². The van der Waals surface area contributed by atoms with Gasteiger partial charge >= 0.3 is 0 Å². The monoisotopic (exact) mass is 342 g/mol. The van der Waals surface area contributed by atoms with Crippen LogP contribution in [0.25, 0.3) is 0 Å². The smallest absolute Gasteiger partial charge is 0.265 e. The Bertz CT molecular complexity index is 759. The number of carbonyl (C=O) groups excluding carboxylic acids is 2. The number of aldehydes is 1. The molecule has 0 N–H and O–H groups in total. The van der Waals surface area contributed by atoms with E-state index in [1.54, 1.807) is 35.4 Å². The van der Waals surface area contributed by atoms with E-state index >= 15 is 0 Å². The molecule has 25 heavy (non-hydrogen) atoms. The molecule has 1 amide bonds. The Kier molecular flexibility index (Phi) is 6.11. The molecule has 1 aromatic carbocycles. The molecule has 0 bridgehead atoms. The van der Waals surface area contributed by atoms with Crippen LogP contribution in [0.4, 0.5) is 5.69 Å². The lowest BCUT2D eigenvalue weighted by molar-refractivity contribution is -0.120. The van der Waals surface area contributed by atoms with Gasteiger partial charge in [-0.1, -0.05) is 12.1 Å². The number of aromatic nitrogens is 1. The van der Waals surface area contributed by atoms with Crippen molar-refractivity contribution in [2.75, 3.05) is 18.6 Å². The van der Waals surface area contributed by atoms with Gasteiger partial charge in [-0.05, 0) is 44.5 Å². The fourth-order valence-electron chi connectivity index (χ4n) is 2.56. The summed E-state index contributed by atoms with van der Waals surface area (Å²) >= 11 is 0. The summed E-state index contributed by atoms with van der Waals surface area (Å²) in [6.45, 7) is 5.42. The second-order valence-electron chi connectivity index (χ2n) is 5.78. The third-order valence-electron chi connectivity index (χ3n) is 3.74. The van der Waals surface area contributed by atoms with Crippen molar-refractivity contribution in [2.45, 2.75) is 26.8 Å². The molecule has 0 aliphatic rings. The first-order valence-corrected chi connectivity index (χ1v) is 7.98. The Morgan fingerprint density at radius 3 is 2.68 bits per heavy atom. The lowest BCUT2D eigenvalue weighted by atomic mass is 10.1. The fraction of sp³-hybridized carbons (Fsp3) is 0.316. The zero-order valence-electron chi connectivity index (χ0n) is 14.9. The van der Waals surface area contributed by atoms with Crippen molar-refractivity contribution in [2.24, 2.45) is 0 Å². The van der Waals surface area contributed by atoms with E-state index in [0.29, 0.717) is 22.9 Å². The molecule has 6 heteroatoms. The van der Waals surface area contributed by atoms with Gasteiger partial charge in [0.05, 0.1) is 12.7 Å². The molecule has 0 aliphatic heterocycles. The van der Waals surface area contributed by atoms with Gasteiger partial charge in [0.1, 0.15) is 11.4 Å². The summed E-state index contributed by atoms with van der Waals surface area (Å²) in [6, 6.07) is 8.68. The second-order valence-corrected chi connectivity index (χ2v) is 5.78. The minimum absolute atomic E-state index is 0.114. The van der Waals surface area contributed by atoms with E-state index in [0.717, 1.165) is 11.8 Å². The zero-order chi connectivity index (χ0) is 18.4. The minimum Gasteiger partial charge on any atom is -0.483 e. The molecular weight excluding hydrogens is 320 g/mol. The van der Waals surface area contributed by atoms with E-state index in [2.05, 4.69) is 4.98 Å². The Balaban J connectivity index is 2.22. The number of ether oxygens (including phenoxy) is 2. The molecule has 2 aromatic rings. The highest BCUT2D eigenvalue weighted by Crippen LogP contribution is 2.27. The van der Waals surface area contributed by atoms with E-state index in [1.165, 1.54) is 7.11 Å². The van der Waals surface area contributed by atoms with Crippen LogP contribution in [0.1, 0.15) is 29.8 Å². The Hall–Kier alpha value is -2.89. The van der Waals surface area contributed by atoms with E-state index in [9.17, 15) is 9.59 Å².